The molecule has 1 aliphatic rings. The molecule has 2 aromatic heterocycles. The molecule has 0 aliphatic carbocycles. The molecule has 19 heavy (non-hydrogen) atoms. The zero-order valence-corrected chi connectivity index (χ0v) is 11.8. The van der Waals surface area contributed by atoms with Crippen LogP contribution in [0.15, 0.2) is 6.33 Å². The highest BCUT2D eigenvalue weighted by Gasteiger charge is 2.15. The number of imidazole rings is 1. The number of hydrogen-bond donors (Lipinski definition) is 3. The van der Waals surface area contributed by atoms with Gasteiger partial charge in [0.05, 0.1) is 6.33 Å². The number of nitrogens with one attached hydrogen (secondary N) is 3. The van der Waals surface area contributed by atoms with Gasteiger partial charge in [-0.3, -0.25) is 0 Å². The second-order valence-electron chi connectivity index (χ2n) is 4.68. The van der Waals surface area contributed by atoms with Crippen LogP contribution < -0.4 is 10.6 Å². The van der Waals surface area contributed by atoms with Gasteiger partial charge in [-0.15, -0.1) is 0 Å². The minimum absolute atomic E-state index is 0.598. The van der Waals surface area contributed by atoms with Gasteiger partial charge < -0.3 is 15.6 Å². The third kappa shape index (κ3) is 2.75. The number of nitrogens with zero attached hydrogens (tertiary/aromatic N) is 3. The van der Waals surface area contributed by atoms with Crippen LogP contribution in [0.25, 0.3) is 11.2 Å². The molecular weight excluding hydrogens is 260 g/mol. The fourth-order valence-corrected chi connectivity index (χ4v) is 3.47. The monoisotopic (exact) mass is 278 g/mol. The number of anilines is 2. The second kappa shape index (κ2) is 5.64. The zero-order valence-electron chi connectivity index (χ0n) is 10.9. The average molecular weight is 278 g/mol. The summed E-state index contributed by atoms with van der Waals surface area (Å²) in [6.07, 6.45) is 4.22. The molecule has 0 amide bonds. The molecule has 0 atom stereocenters. The molecule has 1 saturated heterocycles. The normalized spacial score (nSPS) is 16.7. The van der Waals surface area contributed by atoms with Gasteiger partial charge in [0.1, 0.15) is 5.52 Å². The van der Waals surface area contributed by atoms with Gasteiger partial charge in [0.15, 0.2) is 11.5 Å². The molecule has 1 fully saturated rings. The van der Waals surface area contributed by atoms with Crippen molar-refractivity contribution in [1.82, 2.24) is 19.9 Å². The Morgan fingerprint density at radius 3 is 3.00 bits per heavy atom. The van der Waals surface area contributed by atoms with Crippen LogP contribution in [-0.4, -0.2) is 45.0 Å². The van der Waals surface area contributed by atoms with E-state index >= 15 is 0 Å². The molecule has 3 heterocycles. The molecular formula is C12H18N6S. The fraction of sp³-hybridized carbons (Fsp3) is 0.583. The van der Waals surface area contributed by atoms with Crippen LogP contribution in [-0.2, 0) is 0 Å². The van der Waals surface area contributed by atoms with Gasteiger partial charge in [0.2, 0.25) is 5.95 Å². The SMILES string of the molecule is CNc1nc(NCC2CCSCC2)c2[nH]cnc2n1. The number of aromatic amines is 1. The molecule has 0 radical (unpaired) electrons. The van der Waals surface area contributed by atoms with Crippen molar-refractivity contribution >= 4 is 34.7 Å². The Morgan fingerprint density at radius 2 is 2.21 bits per heavy atom. The van der Waals surface area contributed by atoms with Crippen LogP contribution in [0.1, 0.15) is 12.8 Å². The summed E-state index contributed by atoms with van der Waals surface area (Å²) in [5.41, 5.74) is 1.57. The second-order valence-corrected chi connectivity index (χ2v) is 5.91. The van der Waals surface area contributed by atoms with E-state index in [4.69, 9.17) is 0 Å². The van der Waals surface area contributed by atoms with Crippen LogP contribution in [0, 0.1) is 5.92 Å². The maximum absolute atomic E-state index is 4.47. The van der Waals surface area contributed by atoms with E-state index in [1.54, 1.807) is 6.33 Å². The van der Waals surface area contributed by atoms with E-state index < -0.39 is 0 Å². The summed E-state index contributed by atoms with van der Waals surface area (Å²) >= 11 is 2.05. The molecule has 0 aromatic carbocycles. The van der Waals surface area contributed by atoms with Gasteiger partial charge in [-0.2, -0.15) is 21.7 Å². The summed E-state index contributed by atoms with van der Waals surface area (Å²) < 4.78 is 0. The minimum atomic E-state index is 0.598. The standard InChI is InChI=1S/C12H18N6S/c1-13-12-17-10(9-11(18-12)16-7-15-9)14-6-8-2-4-19-5-3-8/h7-8H,2-6H2,1H3,(H3,13,14,15,16,17,18). The van der Waals surface area contributed by atoms with E-state index in [0.29, 0.717) is 11.6 Å². The van der Waals surface area contributed by atoms with Crippen molar-refractivity contribution < 1.29 is 0 Å². The number of thioether (sulfide) groups is 1. The Balaban J connectivity index is 1.77. The van der Waals surface area contributed by atoms with E-state index in [0.717, 1.165) is 23.8 Å². The Morgan fingerprint density at radius 1 is 1.37 bits per heavy atom. The Bertz CT molecular complexity index is 548. The van der Waals surface area contributed by atoms with Gasteiger partial charge in [-0.25, -0.2) is 4.98 Å². The van der Waals surface area contributed by atoms with E-state index in [-0.39, 0.29) is 0 Å². The van der Waals surface area contributed by atoms with Crippen LogP contribution in [0.5, 0.6) is 0 Å². The van der Waals surface area contributed by atoms with Crippen molar-refractivity contribution in [3.05, 3.63) is 6.33 Å². The Hall–Kier alpha value is -1.50. The number of aromatic nitrogens is 4. The van der Waals surface area contributed by atoms with Crippen molar-refractivity contribution in [2.45, 2.75) is 12.8 Å². The third-order valence-electron chi connectivity index (χ3n) is 3.41. The maximum Gasteiger partial charge on any atom is 0.226 e. The third-order valence-corrected chi connectivity index (χ3v) is 4.46. The summed E-state index contributed by atoms with van der Waals surface area (Å²) in [6.45, 7) is 0.967. The van der Waals surface area contributed by atoms with E-state index in [1.165, 1.54) is 24.3 Å². The molecule has 0 unspecified atom stereocenters. The predicted octanol–water partition coefficient (Wildman–Crippen LogP) is 1.95. The molecule has 0 spiro atoms. The highest BCUT2D eigenvalue weighted by atomic mass is 32.2. The first kappa shape index (κ1) is 12.5. The lowest BCUT2D eigenvalue weighted by Crippen LogP contribution is -2.20. The molecule has 3 N–H and O–H groups in total. The van der Waals surface area contributed by atoms with Gasteiger partial charge in [-0.05, 0) is 30.3 Å². The van der Waals surface area contributed by atoms with Gasteiger partial charge in [-0.1, -0.05) is 0 Å². The summed E-state index contributed by atoms with van der Waals surface area (Å²) in [5.74, 6) is 4.73. The van der Waals surface area contributed by atoms with Crippen LogP contribution in [0.4, 0.5) is 11.8 Å². The fourth-order valence-electron chi connectivity index (χ4n) is 2.26. The highest BCUT2D eigenvalue weighted by molar-refractivity contribution is 7.99. The van der Waals surface area contributed by atoms with Crippen molar-refractivity contribution in [3.8, 4) is 0 Å². The van der Waals surface area contributed by atoms with Gasteiger partial charge in [0.25, 0.3) is 0 Å². The van der Waals surface area contributed by atoms with Crippen molar-refractivity contribution in [2.75, 3.05) is 35.7 Å². The van der Waals surface area contributed by atoms with Crippen LogP contribution in [0.2, 0.25) is 0 Å². The quantitative estimate of drug-likeness (QED) is 0.793. The van der Waals surface area contributed by atoms with Crippen molar-refractivity contribution in [3.63, 3.8) is 0 Å². The van der Waals surface area contributed by atoms with E-state index in [9.17, 15) is 0 Å². The Kier molecular flexibility index (Phi) is 3.72. The Labute approximate surface area is 116 Å². The first-order valence-electron chi connectivity index (χ1n) is 6.57. The minimum Gasteiger partial charge on any atom is -0.368 e. The lowest BCUT2D eigenvalue weighted by atomic mass is 10.0. The summed E-state index contributed by atoms with van der Waals surface area (Å²) in [5, 5.41) is 6.41. The van der Waals surface area contributed by atoms with E-state index in [1.807, 2.05) is 7.05 Å². The molecule has 0 saturated carbocycles. The molecule has 2 aromatic rings. The smallest absolute Gasteiger partial charge is 0.226 e. The first-order chi connectivity index (χ1) is 9.36. The number of H-pyrrole nitrogens is 1. The summed E-state index contributed by atoms with van der Waals surface area (Å²) in [6, 6.07) is 0. The van der Waals surface area contributed by atoms with E-state index in [2.05, 4.69) is 42.3 Å². The number of fused-ring (bicyclic) bond motifs is 1. The summed E-state index contributed by atoms with van der Waals surface area (Å²) in [4.78, 5) is 16.1. The number of rotatable bonds is 4. The van der Waals surface area contributed by atoms with Crippen LogP contribution >= 0.6 is 11.8 Å². The average Bonchev–Trinajstić information content (AvgIpc) is 2.94. The van der Waals surface area contributed by atoms with Crippen molar-refractivity contribution in [2.24, 2.45) is 5.92 Å². The van der Waals surface area contributed by atoms with Gasteiger partial charge in [0, 0.05) is 13.6 Å². The van der Waals surface area contributed by atoms with Crippen molar-refractivity contribution in [1.29, 1.82) is 0 Å². The largest absolute Gasteiger partial charge is 0.368 e. The first-order valence-corrected chi connectivity index (χ1v) is 7.73. The maximum atomic E-state index is 4.47. The molecule has 1 aliphatic heterocycles. The predicted molar refractivity (Wildman–Crippen MR) is 79.8 cm³/mol. The lowest BCUT2D eigenvalue weighted by Gasteiger charge is -2.21. The highest BCUT2D eigenvalue weighted by Crippen LogP contribution is 2.24. The molecule has 0 bridgehead atoms. The van der Waals surface area contributed by atoms with Gasteiger partial charge >= 0.3 is 0 Å². The molecule has 3 rings (SSSR count). The molecule has 7 heteroatoms. The van der Waals surface area contributed by atoms with Crippen LogP contribution in [0.3, 0.4) is 0 Å². The lowest BCUT2D eigenvalue weighted by molar-refractivity contribution is 0.515. The molecule has 102 valence electrons. The number of hydrogen-bond acceptors (Lipinski definition) is 6. The zero-order chi connectivity index (χ0) is 13.1. The topological polar surface area (TPSA) is 78.5 Å². The summed E-state index contributed by atoms with van der Waals surface area (Å²) in [7, 11) is 1.82. The molecule has 6 nitrogen and oxygen atoms in total.